The molecule has 0 spiro atoms. The van der Waals surface area contributed by atoms with Crippen LogP contribution in [-0.4, -0.2) is 41.9 Å². The molecule has 1 heterocycles. The molecule has 0 aromatic carbocycles. The lowest BCUT2D eigenvalue weighted by Crippen LogP contribution is -2.06. The van der Waals surface area contributed by atoms with Crippen molar-refractivity contribution in [2.45, 2.75) is 12.1 Å². The second-order valence-corrected chi connectivity index (χ2v) is 4.06. The van der Waals surface area contributed by atoms with Crippen LogP contribution in [0.1, 0.15) is 6.92 Å². The van der Waals surface area contributed by atoms with Crippen molar-refractivity contribution in [1.29, 1.82) is 0 Å². The molecule has 0 bridgehead atoms. The quantitative estimate of drug-likeness (QED) is 0.277. The first kappa shape index (κ1) is 15.1. The van der Waals surface area contributed by atoms with Crippen LogP contribution in [0.15, 0.2) is 22.4 Å². The highest BCUT2D eigenvalue weighted by Crippen LogP contribution is 2.27. The molecule has 8 heteroatoms. The van der Waals surface area contributed by atoms with Crippen molar-refractivity contribution in [1.82, 2.24) is 9.97 Å². The summed E-state index contributed by atoms with van der Waals surface area (Å²) in [5, 5.41) is 9.23. The molecule has 104 valence electrons. The van der Waals surface area contributed by atoms with Crippen LogP contribution in [0.4, 0.5) is 0 Å². The summed E-state index contributed by atoms with van der Waals surface area (Å²) < 4.78 is 14.7. The Labute approximate surface area is 114 Å². The first-order valence-corrected chi connectivity index (χ1v) is 6.12. The first-order valence-electron chi connectivity index (χ1n) is 5.31. The number of carbonyl (C=O) groups excluding carboxylic acids is 1. The molecule has 0 saturated carbocycles. The zero-order valence-electron chi connectivity index (χ0n) is 10.7. The normalized spacial score (nSPS) is 11.0. The Kier molecular flexibility index (Phi) is 5.94. The third kappa shape index (κ3) is 4.32. The summed E-state index contributed by atoms with van der Waals surface area (Å²) >= 11 is 0.850. The van der Waals surface area contributed by atoms with Crippen molar-refractivity contribution >= 4 is 17.7 Å². The number of rotatable bonds is 6. The maximum Gasteiger partial charge on any atom is 0.348 e. The van der Waals surface area contributed by atoms with Crippen LogP contribution in [0, 0.1) is 0 Å². The molecule has 0 atom stereocenters. The van der Waals surface area contributed by atoms with E-state index in [0.29, 0.717) is 6.26 Å². The lowest BCUT2D eigenvalue weighted by atomic mass is 10.6. The molecule has 19 heavy (non-hydrogen) atoms. The first-order chi connectivity index (χ1) is 9.14. The fourth-order valence-corrected chi connectivity index (χ4v) is 1.72. The van der Waals surface area contributed by atoms with E-state index < -0.39 is 5.97 Å². The minimum Gasteiger partial charge on any atom is -0.514 e. The standard InChI is InChI=1S/C11H14N2O5S/c1-4-18-10(15)7(6-14)19-11-12-8(16-2)5-9(13-11)17-3/h5-6,14H,4H2,1-3H3. The van der Waals surface area contributed by atoms with Crippen LogP contribution >= 0.6 is 11.8 Å². The molecule has 0 unspecified atom stereocenters. The zero-order valence-corrected chi connectivity index (χ0v) is 11.6. The Bertz CT molecular complexity index is 456. The molecule has 0 aliphatic heterocycles. The van der Waals surface area contributed by atoms with Crippen molar-refractivity contribution in [2.75, 3.05) is 20.8 Å². The van der Waals surface area contributed by atoms with Crippen molar-refractivity contribution in [2.24, 2.45) is 0 Å². The van der Waals surface area contributed by atoms with E-state index in [1.807, 2.05) is 0 Å². The molecule has 7 nitrogen and oxygen atoms in total. The number of ether oxygens (including phenoxy) is 3. The lowest BCUT2D eigenvalue weighted by Gasteiger charge is -2.07. The van der Waals surface area contributed by atoms with Crippen LogP contribution in [0.3, 0.4) is 0 Å². The van der Waals surface area contributed by atoms with E-state index in [9.17, 15) is 4.79 Å². The maximum atomic E-state index is 11.5. The number of aliphatic hydroxyl groups excluding tert-OH is 1. The van der Waals surface area contributed by atoms with Gasteiger partial charge in [0.1, 0.15) is 11.2 Å². The molecular weight excluding hydrogens is 272 g/mol. The summed E-state index contributed by atoms with van der Waals surface area (Å²) in [4.78, 5) is 19.5. The van der Waals surface area contributed by atoms with E-state index in [-0.39, 0.29) is 28.4 Å². The summed E-state index contributed by atoms with van der Waals surface area (Å²) in [5.41, 5.74) is 0. The molecule has 0 amide bonds. The molecule has 0 aliphatic carbocycles. The van der Waals surface area contributed by atoms with E-state index in [4.69, 9.17) is 19.3 Å². The number of methoxy groups -OCH3 is 2. The second kappa shape index (κ2) is 7.47. The van der Waals surface area contributed by atoms with E-state index in [1.54, 1.807) is 6.92 Å². The fraction of sp³-hybridized carbons (Fsp3) is 0.364. The Balaban J connectivity index is 2.94. The van der Waals surface area contributed by atoms with E-state index in [2.05, 4.69) is 9.97 Å². The SMILES string of the molecule is CCOC(=O)C(=CO)Sc1nc(OC)cc(OC)n1. The number of hydrogen-bond donors (Lipinski definition) is 1. The summed E-state index contributed by atoms with van der Waals surface area (Å²) in [7, 11) is 2.90. The highest BCUT2D eigenvalue weighted by Gasteiger charge is 2.16. The molecule has 1 rings (SSSR count). The Hall–Kier alpha value is -1.96. The number of carbonyl (C=O) groups is 1. The molecule has 1 N–H and O–H groups in total. The number of hydrogen-bond acceptors (Lipinski definition) is 8. The second-order valence-electron chi connectivity index (χ2n) is 3.05. The number of aliphatic hydroxyl groups is 1. The van der Waals surface area contributed by atoms with Crippen LogP contribution < -0.4 is 9.47 Å². The minimum absolute atomic E-state index is 0.0304. The molecule has 0 aliphatic rings. The highest BCUT2D eigenvalue weighted by molar-refractivity contribution is 8.03. The largest absolute Gasteiger partial charge is 0.514 e. The van der Waals surface area contributed by atoms with Crippen LogP contribution in [0.25, 0.3) is 0 Å². The van der Waals surface area contributed by atoms with Gasteiger partial charge in [-0.3, -0.25) is 0 Å². The lowest BCUT2D eigenvalue weighted by molar-refractivity contribution is -0.137. The van der Waals surface area contributed by atoms with Crippen molar-refractivity contribution < 1.29 is 24.1 Å². The Morgan fingerprint density at radius 2 is 1.95 bits per heavy atom. The predicted molar refractivity (Wildman–Crippen MR) is 68.3 cm³/mol. The number of esters is 1. The zero-order chi connectivity index (χ0) is 14.3. The molecular formula is C11H14N2O5S. The summed E-state index contributed by atoms with van der Waals surface area (Å²) in [5.74, 6) is -0.0774. The molecule has 0 saturated heterocycles. The van der Waals surface area contributed by atoms with E-state index >= 15 is 0 Å². The molecule has 1 aromatic rings. The van der Waals surface area contributed by atoms with Gasteiger partial charge in [0, 0.05) is 0 Å². The number of aromatic nitrogens is 2. The van der Waals surface area contributed by atoms with Gasteiger partial charge >= 0.3 is 5.97 Å². The molecule has 1 aromatic heterocycles. The predicted octanol–water partition coefficient (Wildman–Crippen LogP) is 1.55. The van der Waals surface area contributed by atoms with E-state index in [0.717, 1.165) is 11.8 Å². The van der Waals surface area contributed by atoms with Gasteiger partial charge in [-0.05, 0) is 18.7 Å². The van der Waals surface area contributed by atoms with Gasteiger partial charge in [-0.25, -0.2) is 4.79 Å². The van der Waals surface area contributed by atoms with Crippen LogP contribution in [-0.2, 0) is 9.53 Å². The number of nitrogens with zero attached hydrogens (tertiary/aromatic N) is 2. The van der Waals surface area contributed by atoms with Gasteiger partial charge in [0.05, 0.1) is 26.9 Å². The van der Waals surface area contributed by atoms with Crippen molar-refractivity contribution in [3.63, 3.8) is 0 Å². The van der Waals surface area contributed by atoms with Gasteiger partial charge in [0.25, 0.3) is 0 Å². The average Bonchev–Trinajstić information content (AvgIpc) is 2.44. The highest BCUT2D eigenvalue weighted by atomic mass is 32.2. The minimum atomic E-state index is -0.652. The topological polar surface area (TPSA) is 90.8 Å². The molecule has 0 fully saturated rings. The van der Waals surface area contributed by atoms with Crippen molar-refractivity contribution in [3.8, 4) is 11.8 Å². The fourth-order valence-electron chi connectivity index (χ4n) is 1.06. The average molecular weight is 286 g/mol. The van der Waals surface area contributed by atoms with Gasteiger partial charge in [0.15, 0.2) is 5.16 Å². The summed E-state index contributed by atoms with van der Waals surface area (Å²) in [6, 6.07) is 1.50. The summed E-state index contributed by atoms with van der Waals surface area (Å²) in [6.07, 6.45) is 0.651. The maximum absolute atomic E-state index is 11.5. The van der Waals surface area contributed by atoms with Gasteiger partial charge in [0.2, 0.25) is 11.8 Å². The third-order valence-electron chi connectivity index (χ3n) is 1.87. The number of thioether (sulfide) groups is 1. The third-order valence-corrected chi connectivity index (χ3v) is 2.73. The smallest absolute Gasteiger partial charge is 0.348 e. The summed E-state index contributed by atoms with van der Waals surface area (Å²) in [6.45, 7) is 1.88. The van der Waals surface area contributed by atoms with Crippen LogP contribution in [0.2, 0.25) is 0 Å². The van der Waals surface area contributed by atoms with E-state index in [1.165, 1.54) is 20.3 Å². The monoisotopic (exact) mass is 286 g/mol. The van der Waals surface area contributed by atoms with Gasteiger partial charge < -0.3 is 19.3 Å². The van der Waals surface area contributed by atoms with Crippen LogP contribution in [0.5, 0.6) is 11.8 Å². The van der Waals surface area contributed by atoms with Gasteiger partial charge in [-0.2, -0.15) is 9.97 Å². The Morgan fingerprint density at radius 1 is 1.37 bits per heavy atom. The van der Waals surface area contributed by atoms with Gasteiger partial charge in [-0.15, -0.1) is 0 Å². The Morgan fingerprint density at radius 3 is 2.37 bits per heavy atom. The van der Waals surface area contributed by atoms with Gasteiger partial charge in [-0.1, -0.05) is 0 Å². The van der Waals surface area contributed by atoms with Crippen molar-refractivity contribution in [3.05, 3.63) is 17.2 Å². The molecule has 0 radical (unpaired) electrons.